The molecule has 4 N–H and O–H groups in total. The van der Waals surface area contributed by atoms with Crippen LogP contribution in [0.2, 0.25) is 0 Å². The van der Waals surface area contributed by atoms with E-state index < -0.39 is 6.10 Å². The molecule has 9 heteroatoms. The Morgan fingerprint density at radius 2 is 1.80 bits per heavy atom. The van der Waals surface area contributed by atoms with Gasteiger partial charge in [-0.25, -0.2) is 4.98 Å². The Balaban J connectivity index is 1.04. The minimum Gasteiger partial charge on any atom is -0.387 e. The number of nitrogens with one attached hydrogen (secondary N) is 3. The predicted octanol–water partition coefficient (Wildman–Crippen LogP) is 7.81. The predicted molar refractivity (Wildman–Crippen MR) is 188 cm³/mol. The molecule has 44 heavy (non-hydrogen) atoms. The van der Waals surface area contributed by atoms with Crippen molar-refractivity contribution in [3.8, 4) is 0 Å². The minimum atomic E-state index is -0.556. The molecule has 232 valence electrons. The van der Waals surface area contributed by atoms with E-state index in [1.54, 1.807) is 23.7 Å². The number of hydrogen-bond donors (Lipinski definition) is 4. The third kappa shape index (κ3) is 9.32. The Kier molecular flexibility index (Phi) is 12.1. The van der Waals surface area contributed by atoms with Crippen molar-refractivity contribution in [1.82, 2.24) is 15.3 Å². The highest BCUT2D eigenvalue weighted by molar-refractivity contribution is 7.80. The second-order valence-electron chi connectivity index (χ2n) is 11.4. The molecule has 0 unspecified atom stereocenters. The Bertz CT molecular complexity index is 1460. The highest BCUT2D eigenvalue weighted by Gasteiger charge is 2.23. The van der Waals surface area contributed by atoms with Crippen LogP contribution in [0.3, 0.4) is 0 Å². The lowest BCUT2D eigenvalue weighted by Crippen LogP contribution is -2.23. The number of fused-ring (bicyclic) bond motifs is 1. The maximum Gasteiger partial charge on any atom is 0.190 e. The second-order valence-corrected chi connectivity index (χ2v) is 12.7. The standard InChI is InChI=1S/C35H44N6OS2/c1-2-3-4-5-6-7-10-31-25-44-35(40-31)41-21-18-27-22-30(15-16-32(27)41)39-34(43)38-29-13-11-26(12-14-29)17-20-37-24-33(42)28-9-8-19-36-23-28/h8-9,11-16,19,22-23,25,33,37,42H,2-7,10,17-18,20-21,24H2,1H3,(H2,38,39,43)/t33-/m0/s1. The second kappa shape index (κ2) is 16.6. The van der Waals surface area contributed by atoms with E-state index in [4.69, 9.17) is 17.2 Å². The Hall–Kier alpha value is -3.37. The molecule has 1 aliphatic heterocycles. The number of anilines is 4. The quantitative estimate of drug-likeness (QED) is 0.0739. The van der Waals surface area contributed by atoms with Gasteiger partial charge in [-0.3, -0.25) is 4.98 Å². The number of benzene rings is 2. The van der Waals surface area contributed by atoms with Crippen molar-refractivity contribution in [2.24, 2.45) is 0 Å². The lowest BCUT2D eigenvalue weighted by atomic mass is 10.1. The summed E-state index contributed by atoms with van der Waals surface area (Å²) in [7, 11) is 0. The lowest BCUT2D eigenvalue weighted by molar-refractivity contribution is 0.174. The van der Waals surface area contributed by atoms with E-state index in [2.05, 4.69) is 68.5 Å². The van der Waals surface area contributed by atoms with Crippen LogP contribution in [0.1, 0.15) is 73.9 Å². The van der Waals surface area contributed by atoms with Gasteiger partial charge in [0.05, 0.1) is 11.8 Å². The summed E-state index contributed by atoms with van der Waals surface area (Å²) in [4.78, 5) is 11.4. The van der Waals surface area contributed by atoms with Crippen LogP contribution < -0.4 is 20.9 Å². The van der Waals surface area contributed by atoms with E-state index >= 15 is 0 Å². The molecule has 1 atom stereocenters. The highest BCUT2D eigenvalue weighted by Crippen LogP contribution is 2.37. The summed E-state index contributed by atoms with van der Waals surface area (Å²) in [5, 5.41) is 24.1. The van der Waals surface area contributed by atoms with Gasteiger partial charge in [-0.05, 0) is 92.0 Å². The fourth-order valence-electron chi connectivity index (χ4n) is 5.51. The minimum absolute atomic E-state index is 0.497. The van der Waals surface area contributed by atoms with Crippen LogP contribution in [0.15, 0.2) is 72.4 Å². The van der Waals surface area contributed by atoms with Crippen molar-refractivity contribution >= 4 is 50.9 Å². The van der Waals surface area contributed by atoms with Gasteiger partial charge in [0.2, 0.25) is 0 Å². The molecular weight excluding hydrogens is 585 g/mol. The largest absolute Gasteiger partial charge is 0.387 e. The molecule has 1 aliphatic rings. The molecule has 3 heterocycles. The van der Waals surface area contributed by atoms with Crippen LogP contribution in [0.25, 0.3) is 0 Å². The molecule has 4 aromatic rings. The topological polar surface area (TPSA) is 85.3 Å². The number of aliphatic hydroxyl groups is 1. The number of unbranched alkanes of at least 4 members (excludes halogenated alkanes) is 5. The Labute approximate surface area is 271 Å². The zero-order valence-corrected chi connectivity index (χ0v) is 27.2. The van der Waals surface area contributed by atoms with Crippen molar-refractivity contribution in [2.45, 2.75) is 70.8 Å². The summed E-state index contributed by atoms with van der Waals surface area (Å²) in [6.07, 6.45) is 13.7. The molecule has 2 aromatic heterocycles. The first kappa shape index (κ1) is 32.0. The number of aryl methyl sites for hydroxylation is 1. The summed E-state index contributed by atoms with van der Waals surface area (Å²) < 4.78 is 0. The molecule has 0 fully saturated rings. The average molecular weight is 629 g/mol. The Morgan fingerprint density at radius 1 is 1.00 bits per heavy atom. The van der Waals surface area contributed by atoms with Crippen LogP contribution in [0.4, 0.5) is 22.2 Å². The molecule has 0 bridgehead atoms. The molecule has 0 aliphatic carbocycles. The first-order chi connectivity index (χ1) is 21.6. The number of hydrogen-bond acceptors (Lipinski definition) is 7. The van der Waals surface area contributed by atoms with Crippen LogP contribution in [-0.4, -0.2) is 39.8 Å². The molecule has 5 rings (SSSR count). The van der Waals surface area contributed by atoms with Gasteiger partial charge in [-0.2, -0.15) is 0 Å². The van der Waals surface area contributed by atoms with Gasteiger partial charge in [-0.1, -0.05) is 57.2 Å². The third-order valence-corrected chi connectivity index (χ3v) is 9.12. The van der Waals surface area contributed by atoms with Crippen molar-refractivity contribution < 1.29 is 5.11 Å². The van der Waals surface area contributed by atoms with Crippen LogP contribution >= 0.6 is 23.6 Å². The maximum atomic E-state index is 10.3. The summed E-state index contributed by atoms with van der Waals surface area (Å²) in [6, 6.07) is 18.5. The van der Waals surface area contributed by atoms with Crippen LogP contribution in [-0.2, 0) is 19.3 Å². The number of thiocarbonyl (C=S) groups is 1. The lowest BCUT2D eigenvalue weighted by Gasteiger charge is -2.17. The number of aromatic nitrogens is 2. The highest BCUT2D eigenvalue weighted by atomic mass is 32.1. The van der Waals surface area contributed by atoms with Gasteiger partial charge >= 0.3 is 0 Å². The summed E-state index contributed by atoms with van der Waals surface area (Å²) >= 11 is 7.37. The number of thiazole rings is 1. The van der Waals surface area contributed by atoms with Crippen LogP contribution in [0, 0.1) is 0 Å². The molecule has 0 radical (unpaired) electrons. The number of pyridine rings is 1. The first-order valence-corrected chi connectivity index (χ1v) is 17.2. The fraction of sp³-hybridized carbons (Fsp3) is 0.400. The van der Waals surface area contributed by atoms with Gasteiger partial charge in [0.15, 0.2) is 10.2 Å². The van der Waals surface area contributed by atoms with E-state index in [1.807, 2.05) is 24.3 Å². The monoisotopic (exact) mass is 628 g/mol. The van der Waals surface area contributed by atoms with Gasteiger partial charge in [0.1, 0.15) is 0 Å². The number of nitrogens with zero attached hydrogens (tertiary/aromatic N) is 3. The summed E-state index contributed by atoms with van der Waals surface area (Å²) in [5.74, 6) is 0. The third-order valence-electron chi connectivity index (χ3n) is 8.00. The number of aliphatic hydroxyl groups excluding tert-OH is 1. The average Bonchev–Trinajstić information content (AvgIpc) is 3.69. The van der Waals surface area contributed by atoms with E-state index in [9.17, 15) is 5.11 Å². The Morgan fingerprint density at radius 3 is 2.61 bits per heavy atom. The zero-order valence-electron chi connectivity index (χ0n) is 25.6. The smallest absolute Gasteiger partial charge is 0.190 e. The molecule has 2 aromatic carbocycles. The van der Waals surface area contributed by atoms with Gasteiger partial charge < -0.3 is 26.0 Å². The normalized spacial score (nSPS) is 13.1. The van der Waals surface area contributed by atoms with E-state index in [0.29, 0.717) is 11.7 Å². The van der Waals surface area contributed by atoms with Crippen molar-refractivity contribution in [3.05, 3.63) is 94.8 Å². The van der Waals surface area contributed by atoms with E-state index in [0.717, 1.165) is 54.4 Å². The number of rotatable bonds is 16. The van der Waals surface area contributed by atoms with Crippen molar-refractivity contribution in [2.75, 3.05) is 35.2 Å². The molecule has 0 amide bonds. The maximum absolute atomic E-state index is 10.3. The first-order valence-electron chi connectivity index (χ1n) is 15.9. The zero-order chi connectivity index (χ0) is 30.6. The van der Waals surface area contributed by atoms with Crippen LogP contribution in [0.5, 0.6) is 0 Å². The molecular formula is C35H44N6OS2. The van der Waals surface area contributed by atoms with E-state index in [-0.39, 0.29) is 0 Å². The van der Waals surface area contributed by atoms with Gasteiger partial charge in [-0.15, -0.1) is 11.3 Å². The van der Waals surface area contributed by atoms with Crippen molar-refractivity contribution in [3.63, 3.8) is 0 Å². The van der Waals surface area contributed by atoms with E-state index in [1.165, 1.54) is 61.0 Å². The fourth-order valence-corrected chi connectivity index (χ4v) is 6.64. The molecule has 0 spiro atoms. The summed E-state index contributed by atoms with van der Waals surface area (Å²) in [6.45, 7) is 4.50. The molecule has 0 saturated heterocycles. The SMILES string of the molecule is CCCCCCCCc1csc(N2CCc3cc(NC(=S)Nc4ccc(CCNC[C@H](O)c5cccnc5)cc4)ccc32)n1. The van der Waals surface area contributed by atoms with Gasteiger partial charge in [0, 0.05) is 53.5 Å². The summed E-state index contributed by atoms with van der Waals surface area (Å²) in [5.41, 5.74) is 7.76. The molecule has 7 nitrogen and oxygen atoms in total. The van der Waals surface area contributed by atoms with Crippen molar-refractivity contribution in [1.29, 1.82) is 0 Å². The molecule has 0 saturated carbocycles. The van der Waals surface area contributed by atoms with Gasteiger partial charge in [0.25, 0.3) is 0 Å².